The number of anilines is 1. The van der Waals surface area contributed by atoms with Gasteiger partial charge in [-0.3, -0.25) is 13.9 Å². The Morgan fingerprint density at radius 2 is 2.13 bits per heavy atom. The SMILES string of the molecule is [CH2]OP(=O)(COC1(Cn2cnc3cnc(N)nc32)CC1C)OCOC(=O)C(C)(C)C. The highest BCUT2D eigenvalue weighted by Crippen LogP contribution is 2.54. The van der Waals surface area contributed by atoms with Crippen LogP contribution in [0.1, 0.15) is 34.1 Å². The van der Waals surface area contributed by atoms with Gasteiger partial charge in [-0.05, 0) is 33.1 Å². The van der Waals surface area contributed by atoms with Crippen molar-refractivity contribution in [2.75, 3.05) is 18.9 Å². The van der Waals surface area contributed by atoms with Crippen LogP contribution in [0.5, 0.6) is 0 Å². The predicted molar refractivity (Wildman–Crippen MR) is 108 cm³/mol. The van der Waals surface area contributed by atoms with E-state index in [9.17, 15) is 9.36 Å². The van der Waals surface area contributed by atoms with Crippen molar-refractivity contribution in [1.82, 2.24) is 19.5 Å². The van der Waals surface area contributed by atoms with Gasteiger partial charge in [-0.25, -0.2) is 9.97 Å². The lowest BCUT2D eigenvalue weighted by atomic mass is 9.98. The summed E-state index contributed by atoms with van der Waals surface area (Å²) in [5.74, 6) is -0.137. The van der Waals surface area contributed by atoms with Gasteiger partial charge in [0.05, 0.1) is 37.2 Å². The third kappa shape index (κ3) is 4.97. The first-order valence-electron chi connectivity index (χ1n) is 9.40. The van der Waals surface area contributed by atoms with Crippen LogP contribution in [-0.4, -0.2) is 44.2 Å². The number of ether oxygens (including phenoxy) is 2. The molecule has 30 heavy (non-hydrogen) atoms. The summed E-state index contributed by atoms with van der Waals surface area (Å²) in [6.07, 6.45) is 3.59. The van der Waals surface area contributed by atoms with Gasteiger partial charge in [0, 0.05) is 0 Å². The van der Waals surface area contributed by atoms with Crippen LogP contribution in [0.3, 0.4) is 0 Å². The highest BCUT2D eigenvalue weighted by atomic mass is 31.2. The number of nitrogens with zero attached hydrogens (tertiary/aromatic N) is 4. The summed E-state index contributed by atoms with van der Waals surface area (Å²) in [6.45, 7) is 7.03. The Balaban J connectivity index is 1.62. The van der Waals surface area contributed by atoms with Crippen molar-refractivity contribution in [2.24, 2.45) is 11.3 Å². The van der Waals surface area contributed by atoms with Gasteiger partial charge in [-0.1, -0.05) is 6.92 Å². The van der Waals surface area contributed by atoms with E-state index < -0.39 is 31.4 Å². The van der Waals surface area contributed by atoms with E-state index in [1.54, 1.807) is 33.3 Å². The smallest absolute Gasteiger partial charge is 0.359 e. The number of hydrogen-bond acceptors (Lipinski definition) is 10. The standard InChI is InChI=1S/C18H27N5O6P/c1-12-6-18(12,8-23-9-21-13-7-20-16(19)22-14(13)23)28-11-30(25,26-5)29-10-27-15(24)17(2,3)4/h7,9,12H,5-6,8,10-11H2,1-4H3,(H2,19,20,22). The zero-order valence-corrected chi connectivity index (χ0v) is 18.4. The Morgan fingerprint density at radius 1 is 1.43 bits per heavy atom. The minimum atomic E-state index is -3.72. The molecule has 2 heterocycles. The van der Waals surface area contributed by atoms with Crippen molar-refractivity contribution in [3.63, 3.8) is 0 Å². The number of nitrogens with two attached hydrogens (primary N) is 1. The number of carbonyl (C=O) groups excluding carboxylic acids is 1. The number of rotatable bonds is 9. The number of carbonyl (C=O) groups is 1. The second-order valence-electron chi connectivity index (χ2n) is 8.42. The van der Waals surface area contributed by atoms with E-state index in [1.165, 1.54) is 0 Å². The molecule has 0 aliphatic heterocycles. The molecule has 3 atom stereocenters. The van der Waals surface area contributed by atoms with Gasteiger partial charge in [0.1, 0.15) is 11.9 Å². The molecule has 2 aromatic rings. The Hall–Kier alpha value is -2.07. The van der Waals surface area contributed by atoms with Gasteiger partial charge in [-0.2, -0.15) is 4.98 Å². The lowest BCUT2D eigenvalue weighted by Crippen LogP contribution is -2.26. The average molecular weight is 440 g/mol. The highest BCUT2D eigenvalue weighted by molar-refractivity contribution is 7.53. The van der Waals surface area contributed by atoms with Gasteiger partial charge in [0.25, 0.3) is 0 Å². The molecule has 0 saturated heterocycles. The van der Waals surface area contributed by atoms with E-state index in [1.807, 2.05) is 11.5 Å². The maximum Gasteiger partial charge on any atom is 0.359 e. The largest absolute Gasteiger partial charge is 0.438 e. The van der Waals surface area contributed by atoms with E-state index in [0.29, 0.717) is 17.7 Å². The zero-order valence-electron chi connectivity index (χ0n) is 17.5. The Morgan fingerprint density at radius 3 is 2.73 bits per heavy atom. The zero-order chi connectivity index (χ0) is 22.2. The van der Waals surface area contributed by atoms with Crippen LogP contribution in [0.2, 0.25) is 0 Å². The first kappa shape index (κ1) is 22.6. The number of esters is 1. The van der Waals surface area contributed by atoms with Crippen LogP contribution in [0.15, 0.2) is 12.5 Å². The van der Waals surface area contributed by atoms with Crippen molar-refractivity contribution in [2.45, 2.75) is 46.3 Å². The summed E-state index contributed by atoms with van der Waals surface area (Å²) >= 11 is 0. The van der Waals surface area contributed by atoms with Crippen molar-refractivity contribution >= 4 is 30.7 Å². The molecule has 3 unspecified atom stereocenters. The Bertz CT molecular complexity index is 974. The third-order valence-electron chi connectivity index (χ3n) is 4.96. The second-order valence-corrected chi connectivity index (χ2v) is 10.4. The second kappa shape index (κ2) is 8.22. The van der Waals surface area contributed by atoms with E-state index >= 15 is 0 Å². The van der Waals surface area contributed by atoms with Gasteiger partial charge in [0.2, 0.25) is 12.7 Å². The Kier molecular flexibility index (Phi) is 6.20. The minimum Gasteiger partial charge on any atom is -0.438 e. The molecule has 3 rings (SSSR count). The lowest BCUT2D eigenvalue weighted by molar-refractivity contribution is -0.160. The number of imidazole rings is 1. The fraction of sp³-hybridized carbons (Fsp3) is 0.611. The Labute approximate surface area is 174 Å². The molecule has 0 amide bonds. The number of fused-ring (bicyclic) bond motifs is 1. The fourth-order valence-corrected chi connectivity index (χ4v) is 3.75. The first-order chi connectivity index (χ1) is 14.0. The molecular formula is C18H27N5O6P. The van der Waals surface area contributed by atoms with Crippen molar-refractivity contribution in [1.29, 1.82) is 0 Å². The van der Waals surface area contributed by atoms with Gasteiger partial charge in [-0.15, -0.1) is 0 Å². The summed E-state index contributed by atoms with van der Waals surface area (Å²) < 4.78 is 35.5. The van der Waals surface area contributed by atoms with Crippen molar-refractivity contribution < 1.29 is 27.9 Å². The van der Waals surface area contributed by atoms with E-state index in [0.717, 1.165) is 6.42 Å². The molecule has 165 valence electrons. The molecule has 1 saturated carbocycles. The molecule has 2 N–H and O–H groups in total. The maximum atomic E-state index is 12.8. The van der Waals surface area contributed by atoms with E-state index in [4.69, 9.17) is 24.3 Å². The molecule has 1 aliphatic carbocycles. The predicted octanol–water partition coefficient (Wildman–Crippen LogP) is 2.73. The molecule has 0 aromatic carbocycles. The van der Waals surface area contributed by atoms with Crippen LogP contribution in [0, 0.1) is 18.4 Å². The highest BCUT2D eigenvalue weighted by Gasteiger charge is 2.54. The molecule has 0 bridgehead atoms. The third-order valence-corrected chi connectivity index (χ3v) is 6.30. The molecule has 11 nitrogen and oxygen atoms in total. The van der Waals surface area contributed by atoms with Crippen LogP contribution in [0.4, 0.5) is 5.95 Å². The molecule has 2 aromatic heterocycles. The summed E-state index contributed by atoms with van der Waals surface area (Å²) in [4.78, 5) is 24.2. The lowest BCUT2D eigenvalue weighted by Gasteiger charge is -2.23. The van der Waals surface area contributed by atoms with Crippen LogP contribution in [-0.2, 0) is 34.4 Å². The molecule has 1 aliphatic rings. The van der Waals surface area contributed by atoms with Crippen LogP contribution in [0.25, 0.3) is 11.2 Å². The summed E-state index contributed by atoms with van der Waals surface area (Å²) in [6, 6.07) is 0. The normalized spacial score (nSPS) is 23.3. The van der Waals surface area contributed by atoms with Crippen LogP contribution >= 0.6 is 7.60 Å². The number of hydrogen-bond donors (Lipinski definition) is 1. The minimum absolute atomic E-state index is 0.149. The first-order valence-corrected chi connectivity index (χ1v) is 11.1. The molecule has 0 spiro atoms. The average Bonchev–Trinajstić information content (AvgIpc) is 3.14. The molecule has 1 fully saturated rings. The number of nitrogen functional groups attached to an aromatic ring is 1. The summed E-state index contributed by atoms with van der Waals surface area (Å²) in [7, 11) is -0.503. The van der Waals surface area contributed by atoms with E-state index in [-0.39, 0.29) is 18.2 Å². The van der Waals surface area contributed by atoms with Crippen LogP contribution < -0.4 is 5.73 Å². The topological polar surface area (TPSA) is 141 Å². The van der Waals surface area contributed by atoms with E-state index in [2.05, 4.69) is 22.1 Å². The van der Waals surface area contributed by atoms with Gasteiger partial charge >= 0.3 is 13.6 Å². The fourth-order valence-electron chi connectivity index (χ4n) is 2.90. The summed E-state index contributed by atoms with van der Waals surface area (Å²) in [5, 5.41) is 0. The van der Waals surface area contributed by atoms with Crippen molar-refractivity contribution in [3.8, 4) is 0 Å². The van der Waals surface area contributed by atoms with Gasteiger partial charge < -0.3 is 24.3 Å². The van der Waals surface area contributed by atoms with Crippen molar-refractivity contribution in [3.05, 3.63) is 19.6 Å². The quantitative estimate of drug-likeness (QED) is 0.351. The van der Waals surface area contributed by atoms with Gasteiger partial charge in [0.15, 0.2) is 5.65 Å². The molecule has 12 heteroatoms. The molecule has 1 radical (unpaired) electrons. The molecular weight excluding hydrogens is 413 g/mol. The summed E-state index contributed by atoms with van der Waals surface area (Å²) in [5.41, 5.74) is 5.59. The number of aromatic nitrogens is 4. The maximum absolute atomic E-state index is 12.8. The monoisotopic (exact) mass is 440 g/mol.